The van der Waals surface area contributed by atoms with Gasteiger partial charge in [-0.25, -0.2) is 12.7 Å². The van der Waals surface area contributed by atoms with Crippen LogP contribution in [-0.2, 0) is 14.8 Å². The molecule has 19 heavy (non-hydrogen) atoms. The molecule has 0 radical (unpaired) electrons. The molecular weight excluding hydrogens is 268 g/mol. The number of nitriles is 1. The third-order valence-corrected chi connectivity index (χ3v) is 4.52. The molecule has 1 N–H and O–H groups in total. The number of nitrogens with zero attached hydrogens (tertiary/aromatic N) is 2. The summed E-state index contributed by atoms with van der Waals surface area (Å²) in [7, 11) is -2.40. The Labute approximate surface area is 111 Å². The fourth-order valence-corrected chi connectivity index (χ4v) is 2.73. The van der Waals surface area contributed by atoms with Crippen LogP contribution in [0.4, 0.5) is 0 Å². The van der Waals surface area contributed by atoms with E-state index >= 15 is 0 Å². The average molecular weight is 282 g/mol. The largest absolute Gasteiger partial charge is 0.481 e. The van der Waals surface area contributed by atoms with Crippen molar-refractivity contribution in [2.24, 2.45) is 0 Å². The van der Waals surface area contributed by atoms with Crippen LogP contribution < -0.4 is 0 Å². The van der Waals surface area contributed by atoms with Gasteiger partial charge >= 0.3 is 5.97 Å². The van der Waals surface area contributed by atoms with E-state index in [4.69, 9.17) is 10.4 Å². The highest BCUT2D eigenvalue weighted by Gasteiger charge is 2.21. The molecule has 1 aromatic rings. The van der Waals surface area contributed by atoms with Crippen LogP contribution in [0, 0.1) is 18.3 Å². The minimum Gasteiger partial charge on any atom is -0.481 e. The Morgan fingerprint density at radius 1 is 1.47 bits per heavy atom. The van der Waals surface area contributed by atoms with Crippen LogP contribution >= 0.6 is 0 Å². The van der Waals surface area contributed by atoms with Gasteiger partial charge in [-0.1, -0.05) is 0 Å². The zero-order valence-electron chi connectivity index (χ0n) is 10.6. The standard InChI is InChI=1S/C12H14N2O4S/c1-9-7-11(4-3-10(9)8-13)19(17,18)14(2)6-5-12(15)16/h3-4,7H,5-6H2,1-2H3,(H,15,16). The van der Waals surface area contributed by atoms with Gasteiger partial charge in [-0.05, 0) is 30.7 Å². The summed E-state index contributed by atoms with van der Waals surface area (Å²) >= 11 is 0. The summed E-state index contributed by atoms with van der Waals surface area (Å²) in [6.07, 6.45) is -0.259. The molecule has 0 heterocycles. The van der Waals surface area contributed by atoms with Crippen LogP contribution in [-0.4, -0.2) is 37.4 Å². The Morgan fingerprint density at radius 3 is 2.58 bits per heavy atom. The highest BCUT2D eigenvalue weighted by molar-refractivity contribution is 7.89. The maximum absolute atomic E-state index is 12.1. The minimum atomic E-state index is -3.72. The first kappa shape index (κ1) is 15.1. The van der Waals surface area contributed by atoms with Crippen molar-refractivity contribution in [3.8, 4) is 6.07 Å². The second-order valence-electron chi connectivity index (χ2n) is 4.06. The second-order valence-corrected chi connectivity index (χ2v) is 6.10. The summed E-state index contributed by atoms with van der Waals surface area (Å²) in [5.74, 6) is -1.06. The third kappa shape index (κ3) is 3.53. The number of aryl methyl sites for hydroxylation is 1. The number of carbonyl (C=O) groups is 1. The number of rotatable bonds is 5. The van der Waals surface area contributed by atoms with Crippen LogP contribution in [0.3, 0.4) is 0 Å². The molecule has 0 fully saturated rings. The minimum absolute atomic E-state index is 0.0527. The normalized spacial score (nSPS) is 11.3. The highest BCUT2D eigenvalue weighted by Crippen LogP contribution is 2.18. The van der Waals surface area contributed by atoms with Gasteiger partial charge in [0.1, 0.15) is 0 Å². The van der Waals surface area contributed by atoms with Crippen molar-refractivity contribution < 1.29 is 18.3 Å². The number of carboxylic acids is 1. The summed E-state index contributed by atoms with van der Waals surface area (Å²) in [6.45, 7) is 1.55. The summed E-state index contributed by atoms with van der Waals surface area (Å²) in [4.78, 5) is 10.5. The molecule has 0 aliphatic rings. The fourth-order valence-electron chi connectivity index (χ4n) is 1.48. The van der Waals surface area contributed by atoms with E-state index in [0.717, 1.165) is 4.31 Å². The zero-order chi connectivity index (χ0) is 14.6. The van der Waals surface area contributed by atoms with Crippen LogP contribution in [0.15, 0.2) is 23.1 Å². The molecule has 102 valence electrons. The Morgan fingerprint density at radius 2 is 2.11 bits per heavy atom. The zero-order valence-corrected chi connectivity index (χ0v) is 11.4. The number of benzene rings is 1. The van der Waals surface area contributed by atoms with Crippen LogP contribution in [0.5, 0.6) is 0 Å². The van der Waals surface area contributed by atoms with Crippen LogP contribution in [0.1, 0.15) is 17.5 Å². The quantitative estimate of drug-likeness (QED) is 0.867. The number of hydrogen-bond acceptors (Lipinski definition) is 4. The monoisotopic (exact) mass is 282 g/mol. The van der Waals surface area contributed by atoms with Crippen LogP contribution in [0.25, 0.3) is 0 Å². The van der Waals surface area contributed by atoms with Gasteiger partial charge in [-0.3, -0.25) is 4.79 Å². The Balaban J connectivity index is 3.04. The first-order chi connectivity index (χ1) is 8.78. The fraction of sp³-hybridized carbons (Fsp3) is 0.333. The molecule has 0 bridgehead atoms. The van der Waals surface area contributed by atoms with Crippen molar-refractivity contribution in [3.63, 3.8) is 0 Å². The van der Waals surface area contributed by atoms with Crippen molar-refractivity contribution in [2.75, 3.05) is 13.6 Å². The van der Waals surface area contributed by atoms with Crippen molar-refractivity contribution in [1.29, 1.82) is 5.26 Å². The van der Waals surface area contributed by atoms with Gasteiger partial charge in [0.2, 0.25) is 10.0 Å². The maximum Gasteiger partial charge on any atom is 0.304 e. The van der Waals surface area contributed by atoms with Crippen molar-refractivity contribution in [2.45, 2.75) is 18.2 Å². The summed E-state index contributed by atoms with van der Waals surface area (Å²) in [6, 6.07) is 6.15. The molecule has 0 atom stereocenters. The maximum atomic E-state index is 12.1. The smallest absolute Gasteiger partial charge is 0.304 e. The van der Waals surface area contributed by atoms with Gasteiger partial charge in [0.25, 0.3) is 0 Å². The van der Waals surface area contributed by atoms with Crippen molar-refractivity contribution >= 4 is 16.0 Å². The Hall–Kier alpha value is -1.91. The molecule has 0 spiro atoms. The number of sulfonamides is 1. The van der Waals surface area contributed by atoms with Crippen molar-refractivity contribution in [1.82, 2.24) is 4.31 Å². The van der Waals surface area contributed by atoms with E-state index < -0.39 is 16.0 Å². The molecule has 0 amide bonds. The van der Waals surface area contributed by atoms with Gasteiger partial charge in [-0.2, -0.15) is 5.26 Å². The molecule has 1 rings (SSSR count). The van der Waals surface area contributed by atoms with Crippen molar-refractivity contribution in [3.05, 3.63) is 29.3 Å². The molecule has 6 nitrogen and oxygen atoms in total. The van der Waals surface area contributed by atoms with Gasteiger partial charge in [0, 0.05) is 13.6 Å². The van der Waals surface area contributed by atoms with E-state index in [1.807, 2.05) is 6.07 Å². The molecule has 7 heteroatoms. The SMILES string of the molecule is Cc1cc(S(=O)(=O)N(C)CCC(=O)O)ccc1C#N. The van der Waals surface area contributed by atoms with E-state index in [2.05, 4.69) is 0 Å². The Bertz CT molecular complexity index is 632. The highest BCUT2D eigenvalue weighted by atomic mass is 32.2. The lowest BCUT2D eigenvalue weighted by atomic mass is 10.1. The summed E-state index contributed by atoms with van der Waals surface area (Å²) in [5.41, 5.74) is 0.974. The van der Waals surface area contributed by atoms with Gasteiger partial charge < -0.3 is 5.11 Å². The third-order valence-electron chi connectivity index (χ3n) is 2.67. The average Bonchev–Trinajstić information content (AvgIpc) is 2.35. The van der Waals surface area contributed by atoms with Gasteiger partial charge in [-0.15, -0.1) is 0 Å². The first-order valence-electron chi connectivity index (χ1n) is 5.48. The number of aliphatic carboxylic acids is 1. The molecule has 0 aliphatic carbocycles. The predicted octanol–water partition coefficient (Wildman–Crippen LogP) is 0.962. The predicted molar refractivity (Wildman–Crippen MR) is 68.0 cm³/mol. The number of hydrogen-bond donors (Lipinski definition) is 1. The summed E-state index contributed by atoms with van der Waals surface area (Å²) in [5, 5.41) is 17.3. The van der Waals surface area contributed by atoms with Gasteiger partial charge in [0.05, 0.1) is 22.9 Å². The molecule has 0 unspecified atom stereocenters. The lowest BCUT2D eigenvalue weighted by molar-refractivity contribution is -0.137. The van der Waals surface area contributed by atoms with E-state index in [-0.39, 0.29) is 17.9 Å². The molecule has 0 aromatic heterocycles. The lowest BCUT2D eigenvalue weighted by Gasteiger charge is -2.16. The van der Waals surface area contributed by atoms with Gasteiger partial charge in [0.15, 0.2) is 0 Å². The summed E-state index contributed by atoms with van der Waals surface area (Å²) < 4.78 is 25.3. The Kier molecular flexibility index (Phi) is 4.64. The van der Waals surface area contributed by atoms with E-state index in [0.29, 0.717) is 11.1 Å². The molecular formula is C12H14N2O4S. The number of carboxylic acid groups (broad SMARTS) is 1. The second kappa shape index (κ2) is 5.82. The van der Waals surface area contributed by atoms with E-state index in [1.54, 1.807) is 6.92 Å². The molecule has 0 saturated heterocycles. The first-order valence-corrected chi connectivity index (χ1v) is 6.92. The van der Waals surface area contributed by atoms with E-state index in [1.165, 1.54) is 25.2 Å². The lowest BCUT2D eigenvalue weighted by Crippen LogP contribution is -2.29. The topological polar surface area (TPSA) is 98.5 Å². The molecule has 0 saturated carbocycles. The van der Waals surface area contributed by atoms with Crippen LogP contribution in [0.2, 0.25) is 0 Å². The molecule has 0 aliphatic heterocycles. The molecule has 1 aromatic carbocycles. The van der Waals surface area contributed by atoms with E-state index in [9.17, 15) is 13.2 Å².